The van der Waals surface area contributed by atoms with Crippen molar-refractivity contribution >= 4 is 17.7 Å². The molecular weight excluding hydrogens is 394 g/mol. The van der Waals surface area contributed by atoms with E-state index in [1.54, 1.807) is 23.9 Å². The Morgan fingerprint density at radius 1 is 1.23 bits per heavy atom. The molecule has 1 N–H and O–H groups in total. The fourth-order valence-corrected chi connectivity index (χ4v) is 3.41. The zero-order valence-corrected chi connectivity index (χ0v) is 17.7. The minimum atomic E-state index is 0.209. The first kappa shape index (κ1) is 20.7. The third kappa shape index (κ3) is 4.77. The van der Waals surface area contributed by atoms with E-state index < -0.39 is 0 Å². The van der Waals surface area contributed by atoms with Crippen LogP contribution in [0, 0.1) is 5.41 Å². The fraction of sp³-hybridized carbons (Fsp3) is 0.318. The molecule has 0 aliphatic carbocycles. The second-order valence-corrected chi connectivity index (χ2v) is 7.06. The lowest BCUT2D eigenvalue weighted by molar-refractivity contribution is 0.0566. The van der Waals surface area contributed by atoms with Gasteiger partial charge in [-0.15, -0.1) is 15.3 Å². The fourth-order valence-electron chi connectivity index (χ4n) is 3.41. The Hall–Kier alpha value is -3.59. The molecule has 2 aromatic heterocycles. The van der Waals surface area contributed by atoms with Gasteiger partial charge in [0.05, 0.1) is 32.2 Å². The highest BCUT2D eigenvalue weighted by molar-refractivity contribution is 6.03. The maximum absolute atomic E-state index is 8.41. The molecule has 1 saturated heterocycles. The largest absolute Gasteiger partial charge is 0.480 e. The van der Waals surface area contributed by atoms with Gasteiger partial charge in [0.2, 0.25) is 5.88 Å². The van der Waals surface area contributed by atoms with Crippen molar-refractivity contribution in [3.05, 3.63) is 65.1 Å². The normalized spacial score (nSPS) is 15.0. The van der Waals surface area contributed by atoms with Gasteiger partial charge in [0, 0.05) is 31.1 Å². The summed E-state index contributed by atoms with van der Waals surface area (Å²) < 4.78 is 12.3. The molecule has 0 spiro atoms. The number of fused-ring (bicyclic) bond motifs is 1. The second kappa shape index (κ2) is 9.48. The second-order valence-electron chi connectivity index (χ2n) is 7.06. The standard InChI is InChI=1S/C22H25N7O2/c1-3-18(28-9-11-31-12-10-28)15-24-22(23)17-6-4-5-16(13-17)14-20-26-25-19-7-8-21(30-2)27-29(19)20/h3-8,13,15,23H,9-12,14H2,1-2H3/b18-3+,23-22?,24-15?. The third-order valence-electron chi connectivity index (χ3n) is 5.07. The molecule has 1 aliphatic heterocycles. The van der Waals surface area contributed by atoms with Gasteiger partial charge in [-0.1, -0.05) is 24.3 Å². The van der Waals surface area contributed by atoms with Gasteiger partial charge >= 0.3 is 0 Å². The van der Waals surface area contributed by atoms with Crippen LogP contribution in [-0.4, -0.2) is 70.2 Å². The number of nitrogens with one attached hydrogen (secondary N) is 1. The summed E-state index contributed by atoms with van der Waals surface area (Å²) in [5, 5.41) is 21.2. The molecule has 1 aromatic carbocycles. The lowest BCUT2D eigenvalue weighted by atomic mass is 10.1. The lowest BCUT2D eigenvalue weighted by Gasteiger charge is -2.29. The predicted octanol–water partition coefficient (Wildman–Crippen LogP) is 2.36. The summed E-state index contributed by atoms with van der Waals surface area (Å²) in [4.78, 5) is 6.61. The van der Waals surface area contributed by atoms with Crippen LogP contribution in [0.15, 0.2) is 53.2 Å². The summed E-state index contributed by atoms with van der Waals surface area (Å²) in [5.41, 5.74) is 3.40. The molecule has 0 amide bonds. The Labute approximate surface area is 180 Å². The number of allylic oxidation sites excluding steroid dienone is 2. The van der Waals surface area contributed by atoms with Crippen molar-refractivity contribution in [1.82, 2.24) is 24.7 Å². The first-order valence-corrected chi connectivity index (χ1v) is 10.1. The van der Waals surface area contributed by atoms with Gasteiger partial charge in [0.1, 0.15) is 0 Å². The molecule has 3 aromatic rings. The molecule has 0 atom stereocenters. The number of ether oxygens (including phenoxy) is 2. The minimum absolute atomic E-state index is 0.209. The van der Waals surface area contributed by atoms with Crippen molar-refractivity contribution in [3.63, 3.8) is 0 Å². The molecule has 9 nitrogen and oxygen atoms in total. The number of morpholine rings is 1. The van der Waals surface area contributed by atoms with Gasteiger partial charge in [-0.05, 0) is 24.6 Å². The first-order chi connectivity index (χ1) is 15.2. The van der Waals surface area contributed by atoms with E-state index in [0.717, 1.165) is 29.9 Å². The van der Waals surface area contributed by atoms with Crippen LogP contribution in [0.2, 0.25) is 0 Å². The van der Waals surface area contributed by atoms with E-state index in [1.165, 1.54) is 0 Å². The number of amidine groups is 1. The molecule has 0 bridgehead atoms. The molecule has 31 heavy (non-hydrogen) atoms. The van der Waals surface area contributed by atoms with Crippen LogP contribution in [0.4, 0.5) is 0 Å². The van der Waals surface area contributed by atoms with Crippen LogP contribution >= 0.6 is 0 Å². The Balaban J connectivity index is 1.50. The molecule has 4 rings (SSSR count). The van der Waals surface area contributed by atoms with E-state index in [4.69, 9.17) is 14.9 Å². The van der Waals surface area contributed by atoms with Crippen molar-refractivity contribution in [1.29, 1.82) is 5.41 Å². The van der Waals surface area contributed by atoms with Crippen LogP contribution < -0.4 is 4.74 Å². The van der Waals surface area contributed by atoms with E-state index >= 15 is 0 Å². The Morgan fingerprint density at radius 3 is 2.84 bits per heavy atom. The van der Waals surface area contributed by atoms with Gasteiger partial charge in [0.25, 0.3) is 0 Å². The maximum Gasteiger partial charge on any atom is 0.231 e. The molecule has 160 valence electrons. The highest BCUT2D eigenvalue weighted by atomic mass is 16.5. The van der Waals surface area contributed by atoms with Crippen LogP contribution in [0.5, 0.6) is 5.88 Å². The summed E-state index contributed by atoms with van der Waals surface area (Å²) in [5.74, 6) is 1.41. The summed E-state index contributed by atoms with van der Waals surface area (Å²) in [6.45, 7) is 5.07. The SMILES string of the molecule is C/C=C(\C=NC(=N)c1cccc(Cc2nnc3ccc(OC)nn23)c1)N1CCOCC1. The molecule has 1 fully saturated rings. The maximum atomic E-state index is 8.41. The molecule has 3 heterocycles. The highest BCUT2D eigenvalue weighted by Crippen LogP contribution is 2.14. The van der Waals surface area contributed by atoms with Crippen LogP contribution in [0.3, 0.4) is 0 Å². The van der Waals surface area contributed by atoms with E-state index in [1.807, 2.05) is 43.3 Å². The summed E-state index contributed by atoms with van der Waals surface area (Å²) in [7, 11) is 1.58. The summed E-state index contributed by atoms with van der Waals surface area (Å²) >= 11 is 0. The average Bonchev–Trinajstić information content (AvgIpc) is 3.22. The number of benzene rings is 1. The molecular formula is C22H25N7O2. The number of nitrogens with zero attached hydrogens (tertiary/aromatic N) is 6. The summed E-state index contributed by atoms with van der Waals surface area (Å²) in [6.07, 6.45) is 4.29. The number of hydrogen-bond donors (Lipinski definition) is 1. The molecule has 1 aliphatic rings. The zero-order valence-electron chi connectivity index (χ0n) is 17.7. The number of methoxy groups -OCH3 is 1. The quantitative estimate of drug-likeness (QED) is 0.486. The lowest BCUT2D eigenvalue weighted by Crippen LogP contribution is -2.36. The predicted molar refractivity (Wildman–Crippen MR) is 118 cm³/mol. The summed E-state index contributed by atoms with van der Waals surface area (Å²) in [6, 6.07) is 11.3. The highest BCUT2D eigenvalue weighted by Gasteiger charge is 2.13. The van der Waals surface area contributed by atoms with E-state index in [-0.39, 0.29) is 5.84 Å². The molecule has 0 radical (unpaired) electrons. The topological polar surface area (TPSA) is 101 Å². The van der Waals surface area contributed by atoms with Crippen molar-refractivity contribution in [2.24, 2.45) is 4.99 Å². The number of aliphatic imine (C=N–C) groups is 1. The van der Waals surface area contributed by atoms with E-state index in [2.05, 4.69) is 25.2 Å². The van der Waals surface area contributed by atoms with E-state index in [0.29, 0.717) is 37.0 Å². The number of rotatable bonds is 6. The first-order valence-electron chi connectivity index (χ1n) is 10.1. The number of aromatic nitrogens is 4. The van der Waals surface area contributed by atoms with Crippen LogP contribution in [-0.2, 0) is 11.2 Å². The monoisotopic (exact) mass is 419 g/mol. The Kier molecular flexibility index (Phi) is 6.32. The smallest absolute Gasteiger partial charge is 0.231 e. The molecule has 9 heteroatoms. The Bertz CT molecular complexity index is 1130. The van der Waals surface area contributed by atoms with Crippen molar-refractivity contribution in [3.8, 4) is 5.88 Å². The van der Waals surface area contributed by atoms with Crippen LogP contribution in [0.1, 0.15) is 23.9 Å². The van der Waals surface area contributed by atoms with Crippen molar-refractivity contribution in [2.45, 2.75) is 13.3 Å². The van der Waals surface area contributed by atoms with Gasteiger partial charge in [0.15, 0.2) is 17.3 Å². The van der Waals surface area contributed by atoms with Crippen molar-refractivity contribution < 1.29 is 9.47 Å². The zero-order chi connectivity index (χ0) is 21.6. The van der Waals surface area contributed by atoms with Gasteiger partial charge in [-0.3, -0.25) is 5.41 Å². The number of hydrogen-bond acceptors (Lipinski definition) is 7. The minimum Gasteiger partial charge on any atom is -0.480 e. The molecule has 0 saturated carbocycles. The Morgan fingerprint density at radius 2 is 2.06 bits per heavy atom. The average molecular weight is 419 g/mol. The molecule has 0 unspecified atom stereocenters. The van der Waals surface area contributed by atoms with Crippen molar-refractivity contribution in [2.75, 3.05) is 33.4 Å². The van der Waals surface area contributed by atoms with Gasteiger partial charge in [-0.2, -0.15) is 4.52 Å². The van der Waals surface area contributed by atoms with Crippen LogP contribution in [0.25, 0.3) is 5.65 Å². The van der Waals surface area contributed by atoms with Gasteiger partial charge < -0.3 is 14.4 Å². The third-order valence-corrected chi connectivity index (χ3v) is 5.07. The van der Waals surface area contributed by atoms with Gasteiger partial charge in [-0.25, -0.2) is 4.99 Å². The van der Waals surface area contributed by atoms with E-state index in [9.17, 15) is 0 Å².